The second kappa shape index (κ2) is 64.3. The Morgan fingerprint density at radius 2 is 0.667 bits per heavy atom. The highest BCUT2D eigenvalue weighted by Crippen LogP contribution is 2.17. The molecule has 6 heteroatoms. The van der Waals surface area contributed by atoms with E-state index in [1.54, 1.807) is 6.08 Å². The summed E-state index contributed by atoms with van der Waals surface area (Å²) in [6.45, 7) is 4.88. The Bertz CT molecular complexity index is 1260. The minimum absolute atomic E-state index is 0.0109. The van der Waals surface area contributed by atoms with Gasteiger partial charge in [0.05, 0.1) is 25.4 Å². The highest BCUT2D eigenvalue weighted by molar-refractivity contribution is 5.76. The van der Waals surface area contributed by atoms with Crippen molar-refractivity contribution in [1.29, 1.82) is 0 Å². The standard InChI is InChI=1S/C69H129NO5/c1-3-5-7-9-11-13-15-17-19-21-23-24-25-26-27-28-29-33-37-41-45-49-53-57-61-67(72)66(65-71)70-68(73)62-58-54-50-46-42-38-34-31-32-36-40-44-48-52-56-60-64-75-69(74)63-59-55-51-47-43-39-35-30-22-20-18-16-14-12-10-8-6-4-2/h14,16,20,22,31,34,57,61,66-67,71-72H,3-13,15,17-19,21,23-30,32-33,35-56,58-60,62-65H2,1-2H3,(H,70,73)/b16-14-,22-20-,34-31-,61-57+. The molecule has 0 saturated heterocycles. The Kier molecular flexibility index (Phi) is 62.5. The molecule has 0 fully saturated rings. The molecule has 0 aromatic heterocycles. The van der Waals surface area contributed by atoms with Crippen LogP contribution in [0.5, 0.6) is 0 Å². The number of hydrogen-bond acceptors (Lipinski definition) is 5. The van der Waals surface area contributed by atoms with Crippen LogP contribution >= 0.6 is 0 Å². The molecule has 0 aliphatic rings. The summed E-state index contributed by atoms with van der Waals surface area (Å²) in [7, 11) is 0. The van der Waals surface area contributed by atoms with Gasteiger partial charge in [-0.1, -0.05) is 300 Å². The largest absolute Gasteiger partial charge is 0.466 e. The first-order valence-electron chi connectivity index (χ1n) is 33.4. The summed E-state index contributed by atoms with van der Waals surface area (Å²) in [6.07, 6.45) is 83.0. The van der Waals surface area contributed by atoms with Crippen LogP contribution in [0.25, 0.3) is 0 Å². The molecule has 0 bridgehead atoms. The number of ether oxygens (including phenoxy) is 1. The van der Waals surface area contributed by atoms with E-state index in [4.69, 9.17) is 4.74 Å². The Hall–Kier alpha value is -2.18. The molecule has 0 aromatic carbocycles. The van der Waals surface area contributed by atoms with Gasteiger partial charge in [-0.25, -0.2) is 0 Å². The summed E-state index contributed by atoms with van der Waals surface area (Å²) < 4.78 is 5.48. The van der Waals surface area contributed by atoms with E-state index in [1.165, 1.54) is 257 Å². The van der Waals surface area contributed by atoms with E-state index in [1.807, 2.05) is 6.08 Å². The Morgan fingerprint density at radius 3 is 1.04 bits per heavy atom. The first kappa shape index (κ1) is 72.8. The van der Waals surface area contributed by atoms with Crippen molar-refractivity contribution >= 4 is 11.9 Å². The molecule has 0 aliphatic carbocycles. The summed E-state index contributed by atoms with van der Waals surface area (Å²) >= 11 is 0. The zero-order valence-electron chi connectivity index (χ0n) is 50.3. The maximum atomic E-state index is 12.5. The minimum Gasteiger partial charge on any atom is -0.466 e. The van der Waals surface area contributed by atoms with E-state index in [2.05, 4.69) is 55.6 Å². The van der Waals surface area contributed by atoms with Crippen LogP contribution in [0.15, 0.2) is 48.6 Å². The van der Waals surface area contributed by atoms with Gasteiger partial charge < -0.3 is 20.3 Å². The predicted octanol–water partition coefficient (Wildman–Crippen LogP) is 21.3. The van der Waals surface area contributed by atoms with Crippen molar-refractivity contribution in [3.63, 3.8) is 0 Å². The summed E-state index contributed by atoms with van der Waals surface area (Å²) in [4.78, 5) is 24.6. The third kappa shape index (κ3) is 60.9. The lowest BCUT2D eigenvalue weighted by atomic mass is 10.0. The normalized spacial score (nSPS) is 12.9. The molecule has 0 aliphatic heterocycles. The second-order valence-electron chi connectivity index (χ2n) is 22.8. The number of aliphatic hydroxyl groups excluding tert-OH is 2. The molecule has 2 atom stereocenters. The van der Waals surface area contributed by atoms with Crippen LogP contribution in [-0.4, -0.2) is 47.4 Å². The molecule has 6 nitrogen and oxygen atoms in total. The molecular weight excluding hydrogens is 923 g/mol. The quantitative estimate of drug-likeness (QED) is 0.0320. The number of amides is 1. The number of unbranched alkanes of at least 4 members (excludes halogenated alkanes) is 45. The van der Waals surface area contributed by atoms with E-state index in [9.17, 15) is 19.8 Å². The number of aliphatic hydroxyl groups is 2. The van der Waals surface area contributed by atoms with Gasteiger partial charge in [0.2, 0.25) is 5.91 Å². The average molecular weight is 1050 g/mol. The summed E-state index contributed by atoms with van der Waals surface area (Å²) in [5.41, 5.74) is 0. The van der Waals surface area contributed by atoms with Crippen LogP contribution in [-0.2, 0) is 14.3 Å². The van der Waals surface area contributed by atoms with Crippen molar-refractivity contribution in [3.05, 3.63) is 48.6 Å². The maximum absolute atomic E-state index is 12.5. The fourth-order valence-electron chi connectivity index (χ4n) is 10.2. The summed E-state index contributed by atoms with van der Waals surface area (Å²) in [5.74, 6) is -0.0935. The second-order valence-corrected chi connectivity index (χ2v) is 22.8. The molecule has 0 aromatic rings. The fourth-order valence-corrected chi connectivity index (χ4v) is 10.2. The predicted molar refractivity (Wildman–Crippen MR) is 329 cm³/mol. The minimum atomic E-state index is -0.858. The summed E-state index contributed by atoms with van der Waals surface area (Å²) in [6, 6.07) is -0.643. The van der Waals surface area contributed by atoms with Gasteiger partial charge in [0, 0.05) is 12.8 Å². The zero-order valence-corrected chi connectivity index (χ0v) is 50.3. The number of carbonyl (C=O) groups excluding carboxylic acids is 2. The van der Waals surface area contributed by atoms with Crippen molar-refractivity contribution in [2.75, 3.05) is 13.2 Å². The number of allylic oxidation sites excluding steroid dienone is 7. The van der Waals surface area contributed by atoms with Gasteiger partial charge in [-0.15, -0.1) is 0 Å². The number of rotatable bonds is 62. The van der Waals surface area contributed by atoms with Gasteiger partial charge in [-0.2, -0.15) is 0 Å². The van der Waals surface area contributed by atoms with Crippen molar-refractivity contribution in [3.8, 4) is 0 Å². The smallest absolute Gasteiger partial charge is 0.305 e. The highest BCUT2D eigenvalue weighted by atomic mass is 16.5. The van der Waals surface area contributed by atoms with Crippen LogP contribution in [0.1, 0.15) is 354 Å². The van der Waals surface area contributed by atoms with E-state index in [0.29, 0.717) is 19.4 Å². The van der Waals surface area contributed by atoms with Crippen molar-refractivity contribution in [2.24, 2.45) is 0 Å². The molecule has 0 radical (unpaired) electrons. The zero-order chi connectivity index (χ0) is 54.3. The first-order valence-corrected chi connectivity index (χ1v) is 33.4. The van der Waals surface area contributed by atoms with Crippen LogP contribution < -0.4 is 5.32 Å². The Labute approximate surface area is 467 Å². The number of hydrogen-bond donors (Lipinski definition) is 3. The number of carbonyl (C=O) groups is 2. The topological polar surface area (TPSA) is 95.9 Å². The van der Waals surface area contributed by atoms with E-state index in [-0.39, 0.29) is 18.5 Å². The van der Waals surface area contributed by atoms with Gasteiger partial charge >= 0.3 is 5.97 Å². The van der Waals surface area contributed by atoms with E-state index in [0.717, 1.165) is 70.6 Å². The Morgan fingerprint density at radius 1 is 0.373 bits per heavy atom. The molecule has 440 valence electrons. The number of esters is 1. The lowest BCUT2D eigenvalue weighted by molar-refractivity contribution is -0.143. The molecule has 3 N–H and O–H groups in total. The third-order valence-corrected chi connectivity index (χ3v) is 15.3. The molecule has 0 rings (SSSR count). The van der Waals surface area contributed by atoms with Crippen molar-refractivity contribution in [1.82, 2.24) is 5.32 Å². The Balaban J connectivity index is 3.49. The fraction of sp³-hybridized carbons (Fsp3) is 0.855. The number of nitrogens with one attached hydrogen (secondary N) is 1. The van der Waals surface area contributed by atoms with Gasteiger partial charge in [0.25, 0.3) is 0 Å². The monoisotopic (exact) mass is 1050 g/mol. The van der Waals surface area contributed by atoms with Crippen LogP contribution in [0.4, 0.5) is 0 Å². The van der Waals surface area contributed by atoms with Gasteiger partial charge in [0.1, 0.15) is 0 Å². The van der Waals surface area contributed by atoms with Crippen LogP contribution in [0.3, 0.4) is 0 Å². The molecule has 2 unspecified atom stereocenters. The van der Waals surface area contributed by atoms with Gasteiger partial charge in [-0.3, -0.25) is 9.59 Å². The summed E-state index contributed by atoms with van der Waals surface area (Å²) in [5, 5.41) is 23.2. The molecule has 1 amide bonds. The molecule has 0 spiro atoms. The van der Waals surface area contributed by atoms with E-state index < -0.39 is 12.1 Å². The maximum Gasteiger partial charge on any atom is 0.305 e. The third-order valence-electron chi connectivity index (χ3n) is 15.3. The van der Waals surface area contributed by atoms with Gasteiger partial charge in [0.15, 0.2) is 0 Å². The molecule has 75 heavy (non-hydrogen) atoms. The molecule has 0 heterocycles. The van der Waals surface area contributed by atoms with Crippen molar-refractivity contribution in [2.45, 2.75) is 366 Å². The van der Waals surface area contributed by atoms with Crippen LogP contribution in [0.2, 0.25) is 0 Å². The molecule has 0 saturated carbocycles. The lowest BCUT2D eigenvalue weighted by Gasteiger charge is -2.20. The van der Waals surface area contributed by atoms with Gasteiger partial charge in [-0.05, 0) is 89.9 Å². The van der Waals surface area contributed by atoms with Crippen LogP contribution in [0, 0.1) is 0 Å². The average Bonchev–Trinajstić information content (AvgIpc) is 3.41. The SMILES string of the molecule is CCCCCC/C=C\C/C=C\CCCCCCCCCC(=O)OCCCCCCCCC/C=C\CCCCCCCC(=O)NC(CO)C(O)/C=C/CCCCCCCCCCCCCCCCCCCCCCCC. The highest BCUT2D eigenvalue weighted by Gasteiger charge is 2.18. The molecular formula is C69H129NO5. The first-order chi connectivity index (χ1) is 37.0. The van der Waals surface area contributed by atoms with Crippen molar-refractivity contribution < 1.29 is 24.5 Å². The lowest BCUT2D eigenvalue weighted by Crippen LogP contribution is -2.45. The van der Waals surface area contributed by atoms with E-state index >= 15 is 0 Å².